The summed E-state index contributed by atoms with van der Waals surface area (Å²) in [7, 11) is 0. The van der Waals surface area contributed by atoms with E-state index in [9.17, 15) is 9.59 Å². The Kier molecular flexibility index (Phi) is 5.55. The van der Waals surface area contributed by atoms with Gasteiger partial charge in [0.15, 0.2) is 16.3 Å². The fourth-order valence-electron chi connectivity index (χ4n) is 2.96. The van der Waals surface area contributed by atoms with Crippen molar-refractivity contribution in [2.24, 2.45) is 4.99 Å². The second kappa shape index (κ2) is 8.26. The number of fused-ring (bicyclic) bond motifs is 2. The zero-order valence-electron chi connectivity index (χ0n) is 15.5. The van der Waals surface area contributed by atoms with Gasteiger partial charge in [-0.15, -0.1) is 0 Å². The number of thiazole rings is 1. The summed E-state index contributed by atoms with van der Waals surface area (Å²) >= 11 is 7.40. The predicted molar refractivity (Wildman–Crippen MR) is 109 cm³/mol. The summed E-state index contributed by atoms with van der Waals surface area (Å²) in [6.07, 6.45) is 0. The van der Waals surface area contributed by atoms with Crippen LogP contribution in [-0.2, 0) is 16.1 Å². The Labute approximate surface area is 175 Å². The highest BCUT2D eigenvalue weighted by atomic mass is 35.5. The van der Waals surface area contributed by atoms with Crippen LogP contribution in [-0.4, -0.2) is 36.3 Å². The van der Waals surface area contributed by atoms with Crippen LogP contribution in [0.3, 0.4) is 0 Å². The standard InChI is InChI=1S/C20H17ClN2O5S/c1-2-26-18(24)11-23-14-9-15-16(28-8-7-27-15)10-17(14)29-20(23)22-19(25)12-5-3-4-6-13(12)21/h3-6,9-10H,2,7-8,11H2,1H3. The van der Waals surface area contributed by atoms with Gasteiger partial charge in [0.2, 0.25) is 0 Å². The van der Waals surface area contributed by atoms with Gasteiger partial charge in [0.1, 0.15) is 19.8 Å². The van der Waals surface area contributed by atoms with E-state index in [4.69, 9.17) is 25.8 Å². The number of hydrogen-bond acceptors (Lipinski definition) is 6. The van der Waals surface area contributed by atoms with Crippen molar-refractivity contribution in [3.05, 3.63) is 51.8 Å². The zero-order chi connectivity index (χ0) is 20.4. The van der Waals surface area contributed by atoms with Crippen LogP contribution in [0.2, 0.25) is 5.02 Å². The molecule has 0 bridgehead atoms. The first-order valence-electron chi connectivity index (χ1n) is 8.99. The molecule has 0 N–H and O–H groups in total. The number of rotatable bonds is 4. The van der Waals surface area contributed by atoms with Gasteiger partial charge < -0.3 is 18.8 Å². The van der Waals surface area contributed by atoms with Crippen molar-refractivity contribution in [2.75, 3.05) is 19.8 Å². The topological polar surface area (TPSA) is 79.1 Å². The number of aromatic nitrogens is 1. The summed E-state index contributed by atoms with van der Waals surface area (Å²) < 4.78 is 18.8. The molecule has 1 aliphatic heterocycles. The quantitative estimate of drug-likeness (QED) is 0.590. The third-order valence-electron chi connectivity index (χ3n) is 4.24. The van der Waals surface area contributed by atoms with Crippen LogP contribution in [0.5, 0.6) is 11.5 Å². The van der Waals surface area contributed by atoms with Gasteiger partial charge in [0.05, 0.1) is 27.4 Å². The van der Waals surface area contributed by atoms with Crippen LogP contribution >= 0.6 is 22.9 Å². The number of esters is 1. The third kappa shape index (κ3) is 3.99. The van der Waals surface area contributed by atoms with E-state index < -0.39 is 11.9 Å². The molecule has 7 nitrogen and oxygen atoms in total. The number of benzene rings is 2. The van der Waals surface area contributed by atoms with Crippen LogP contribution in [0.1, 0.15) is 17.3 Å². The lowest BCUT2D eigenvalue weighted by Gasteiger charge is -2.18. The smallest absolute Gasteiger partial charge is 0.326 e. The van der Waals surface area contributed by atoms with E-state index in [-0.39, 0.29) is 13.2 Å². The summed E-state index contributed by atoms with van der Waals surface area (Å²) in [5.41, 5.74) is 0.998. The van der Waals surface area contributed by atoms with Crippen molar-refractivity contribution in [1.82, 2.24) is 4.57 Å². The maximum Gasteiger partial charge on any atom is 0.326 e. The van der Waals surface area contributed by atoms with Gasteiger partial charge in [-0.05, 0) is 19.1 Å². The fourth-order valence-corrected chi connectivity index (χ4v) is 4.22. The highest BCUT2D eigenvalue weighted by Gasteiger charge is 2.19. The average molecular weight is 433 g/mol. The Morgan fingerprint density at radius 2 is 1.93 bits per heavy atom. The first-order chi connectivity index (χ1) is 14.1. The second-order valence-corrected chi connectivity index (χ2v) is 7.55. The minimum absolute atomic E-state index is 0.0812. The van der Waals surface area contributed by atoms with Crippen molar-refractivity contribution in [3.8, 4) is 11.5 Å². The molecular formula is C20H17ClN2O5S. The normalized spacial score (nSPS) is 13.5. The Hall–Kier alpha value is -2.84. The largest absolute Gasteiger partial charge is 0.486 e. The van der Waals surface area contributed by atoms with E-state index in [1.807, 2.05) is 6.07 Å². The van der Waals surface area contributed by atoms with Crippen LogP contribution in [0.15, 0.2) is 41.4 Å². The number of halogens is 1. The summed E-state index contributed by atoms with van der Waals surface area (Å²) in [6.45, 7) is 2.83. The van der Waals surface area contributed by atoms with E-state index in [1.165, 1.54) is 11.3 Å². The molecule has 1 aliphatic rings. The molecule has 1 amide bonds. The molecule has 9 heteroatoms. The summed E-state index contributed by atoms with van der Waals surface area (Å²) in [5, 5.41) is 0.316. The first-order valence-corrected chi connectivity index (χ1v) is 10.2. The molecule has 2 heterocycles. The average Bonchev–Trinajstić information content (AvgIpc) is 3.02. The number of nitrogens with zero attached hydrogens (tertiary/aromatic N) is 2. The number of carbonyl (C=O) groups is 2. The summed E-state index contributed by atoms with van der Waals surface area (Å²) in [4.78, 5) is 29.5. The minimum Gasteiger partial charge on any atom is -0.486 e. The summed E-state index contributed by atoms with van der Waals surface area (Å²) in [6, 6.07) is 10.3. The van der Waals surface area contributed by atoms with Gasteiger partial charge in [-0.1, -0.05) is 35.1 Å². The molecule has 3 aromatic rings. The van der Waals surface area contributed by atoms with E-state index in [0.29, 0.717) is 45.6 Å². The minimum atomic E-state index is -0.489. The molecular weight excluding hydrogens is 416 g/mol. The van der Waals surface area contributed by atoms with E-state index >= 15 is 0 Å². The molecule has 2 aromatic carbocycles. The van der Waals surface area contributed by atoms with Crippen molar-refractivity contribution in [1.29, 1.82) is 0 Å². The first kappa shape index (κ1) is 19.5. The number of hydrogen-bond donors (Lipinski definition) is 0. The van der Waals surface area contributed by atoms with Crippen LogP contribution < -0.4 is 14.3 Å². The molecule has 0 fully saturated rings. The van der Waals surface area contributed by atoms with Gasteiger partial charge in [0, 0.05) is 12.1 Å². The lowest BCUT2D eigenvalue weighted by atomic mass is 10.2. The Balaban J connectivity index is 1.86. The van der Waals surface area contributed by atoms with Crippen molar-refractivity contribution >= 4 is 45.0 Å². The Bertz CT molecular complexity index is 1170. The van der Waals surface area contributed by atoms with Gasteiger partial charge in [-0.25, -0.2) is 0 Å². The number of ether oxygens (including phenoxy) is 3. The molecule has 0 spiro atoms. The van der Waals surface area contributed by atoms with E-state index in [0.717, 1.165) is 4.70 Å². The molecule has 0 aliphatic carbocycles. The Morgan fingerprint density at radius 1 is 1.21 bits per heavy atom. The van der Waals surface area contributed by atoms with Gasteiger partial charge >= 0.3 is 5.97 Å². The molecule has 1 aromatic heterocycles. The third-order valence-corrected chi connectivity index (χ3v) is 5.61. The van der Waals surface area contributed by atoms with Crippen molar-refractivity contribution in [2.45, 2.75) is 13.5 Å². The van der Waals surface area contributed by atoms with Crippen molar-refractivity contribution in [3.63, 3.8) is 0 Å². The number of carbonyl (C=O) groups excluding carboxylic acids is 2. The molecule has 0 radical (unpaired) electrons. The van der Waals surface area contributed by atoms with Gasteiger partial charge in [0.25, 0.3) is 5.91 Å². The maximum absolute atomic E-state index is 12.7. The van der Waals surface area contributed by atoms with Gasteiger partial charge in [-0.3, -0.25) is 9.59 Å². The van der Waals surface area contributed by atoms with Crippen LogP contribution in [0.25, 0.3) is 10.2 Å². The van der Waals surface area contributed by atoms with Gasteiger partial charge in [-0.2, -0.15) is 4.99 Å². The molecule has 150 valence electrons. The zero-order valence-corrected chi connectivity index (χ0v) is 17.1. The predicted octanol–water partition coefficient (Wildman–Crippen LogP) is 3.43. The molecule has 0 unspecified atom stereocenters. The molecule has 0 saturated heterocycles. The Morgan fingerprint density at radius 3 is 2.66 bits per heavy atom. The fraction of sp³-hybridized carbons (Fsp3) is 0.250. The molecule has 4 rings (SSSR count). The van der Waals surface area contributed by atoms with Crippen molar-refractivity contribution < 1.29 is 23.8 Å². The van der Waals surface area contributed by atoms with E-state index in [1.54, 1.807) is 41.8 Å². The summed E-state index contributed by atoms with van der Waals surface area (Å²) in [5.74, 6) is 0.297. The van der Waals surface area contributed by atoms with E-state index in [2.05, 4.69) is 4.99 Å². The van der Waals surface area contributed by atoms with Crippen LogP contribution in [0, 0.1) is 0 Å². The molecule has 29 heavy (non-hydrogen) atoms. The molecule has 0 saturated carbocycles. The lowest BCUT2D eigenvalue weighted by Crippen LogP contribution is -2.23. The highest BCUT2D eigenvalue weighted by molar-refractivity contribution is 7.16. The second-order valence-electron chi connectivity index (χ2n) is 6.14. The van der Waals surface area contributed by atoms with Crippen LogP contribution in [0.4, 0.5) is 0 Å². The maximum atomic E-state index is 12.7. The lowest BCUT2D eigenvalue weighted by molar-refractivity contribution is -0.143. The number of amides is 1. The SMILES string of the molecule is CCOC(=O)Cn1c(=NC(=O)c2ccccc2Cl)sc2cc3c(cc21)OCCO3. The highest BCUT2D eigenvalue weighted by Crippen LogP contribution is 2.35. The monoisotopic (exact) mass is 432 g/mol. The molecule has 0 atom stereocenters.